The first-order valence-electron chi connectivity index (χ1n) is 13.3. The van der Waals surface area contributed by atoms with E-state index in [0.29, 0.717) is 74.9 Å². The standard InChI is InChI=1S/C27H38N4O5S.2ClH/c1-4-7-20-19-30(6-3)27(33)23-18-24(28-26(20)23)22-17-21(8-9-25(22)36-16-5-2)37(34,35)31-12-10-29(11-13-31)14-15-32;;/h8-9,17,19,32H,4-7,10-16,18H2,1-3H3;2*1H. The second-order valence-electron chi connectivity index (χ2n) is 9.53. The Balaban J connectivity index is 0.00000267. The first-order valence-corrected chi connectivity index (χ1v) is 14.7. The summed E-state index contributed by atoms with van der Waals surface area (Å²) in [7, 11) is -3.72. The summed E-state index contributed by atoms with van der Waals surface area (Å²) in [6.45, 7) is 9.65. The van der Waals surface area contributed by atoms with E-state index in [9.17, 15) is 18.3 Å². The third-order valence-corrected chi connectivity index (χ3v) is 8.88. The highest BCUT2D eigenvalue weighted by Gasteiger charge is 2.31. The van der Waals surface area contributed by atoms with Crippen LogP contribution in [0.2, 0.25) is 0 Å². The van der Waals surface area contributed by atoms with Crippen molar-refractivity contribution in [1.82, 2.24) is 13.8 Å². The topological polar surface area (TPSA) is 104 Å². The Labute approximate surface area is 243 Å². The number of aryl methyl sites for hydroxylation is 2. The molecule has 1 fully saturated rings. The molecular weight excluding hydrogens is 563 g/mol. The number of ether oxygens (including phenoxy) is 1. The van der Waals surface area contributed by atoms with E-state index in [0.717, 1.165) is 30.5 Å². The van der Waals surface area contributed by atoms with E-state index in [4.69, 9.17) is 9.73 Å². The van der Waals surface area contributed by atoms with Gasteiger partial charge in [-0.3, -0.25) is 14.7 Å². The van der Waals surface area contributed by atoms with Crippen LogP contribution in [0.1, 0.15) is 50.3 Å². The molecule has 2 aliphatic heterocycles. The van der Waals surface area contributed by atoms with Gasteiger partial charge in [-0.15, -0.1) is 24.8 Å². The van der Waals surface area contributed by atoms with Gasteiger partial charge in [-0.05, 0) is 43.5 Å². The smallest absolute Gasteiger partial charge is 0.256 e. The number of fused-ring (bicyclic) bond motifs is 1. The molecule has 2 aromatic rings. The Kier molecular flexibility index (Phi) is 12.5. The van der Waals surface area contributed by atoms with Crippen LogP contribution in [0.15, 0.2) is 39.1 Å². The summed E-state index contributed by atoms with van der Waals surface area (Å²) >= 11 is 0. The maximum absolute atomic E-state index is 13.6. The van der Waals surface area contributed by atoms with Crippen molar-refractivity contribution in [2.75, 3.05) is 45.9 Å². The number of nitrogens with zero attached hydrogens (tertiary/aromatic N) is 4. The highest BCUT2D eigenvalue weighted by Crippen LogP contribution is 2.35. The third kappa shape index (κ3) is 7.04. The number of sulfonamides is 1. The monoisotopic (exact) mass is 602 g/mol. The first kappa shape index (κ1) is 33.3. The summed E-state index contributed by atoms with van der Waals surface area (Å²) in [5, 5.41) is 9.19. The number of aromatic nitrogens is 1. The number of hydrogen-bond donors (Lipinski definition) is 1. The first-order chi connectivity index (χ1) is 17.8. The molecule has 0 amide bonds. The number of aliphatic hydroxyl groups excluding tert-OH is 1. The van der Waals surface area contributed by atoms with Gasteiger partial charge in [-0.25, -0.2) is 8.42 Å². The fourth-order valence-corrected chi connectivity index (χ4v) is 6.43. The van der Waals surface area contributed by atoms with Crippen molar-refractivity contribution in [2.45, 2.75) is 57.9 Å². The maximum Gasteiger partial charge on any atom is 0.256 e. The van der Waals surface area contributed by atoms with Gasteiger partial charge in [-0.2, -0.15) is 4.31 Å². The second-order valence-corrected chi connectivity index (χ2v) is 11.5. The average Bonchev–Trinajstić information content (AvgIpc) is 3.36. The van der Waals surface area contributed by atoms with Gasteiger partial charge in [0.1, 0.15) is 5.75 Å². The highest BCUT2D eigenvalue weighted by atomic mass is 35.5. The fraction of sp³-hybridized carbons (Fsp3) is 0.556. The van der Waals surface area contributed by atoms with E-state index in [1.54, 1.807) is 22.8 Å². The zero-order valence-corrected chi connectivity index (χ0v) is 25.3. The summed E-state index contributed by atoms with van der Waals surface area (Å²) in [5.74, 6) is 0.577. The van der Waals surface area contributed by atoms with E-state index < -0.39 is 10.0 Å². The molecule has 0 aliphatic carbocycles. The number of aliphatic imine (C=N–C) groups is 1. The van der Waals surface area contributed by atoms with Crippen molar-refractivity contribution in [3.8, 4) is 5.75 Å². The van der Waals surface area contributed by atoms with Crippen LogP contribution in [0, 0.1) is 0 Å². The van der Waals surface area contributed by atoms with E-state index in [1.165, 1.54) is 4.31 Å². The van der Waals surface area contributed by atoms with Gasteiger partial charge >= 0.3 is 0 Å². The van der Waals surface area contributed by atoms with Crippen molar-refractivity contribution >= 4 is 46.2 Å². The highest BCUT2D eigenvalue weighted by molar-refractivity contribution is 7.89. The molecular formula is C27H40Cl2N4O5S. The molecule has 0 unspecified atom stereocenters. The molecule has 1 N–H and O–H groups in total. The molecule has 0 spiro atoms. The maximum atomic E-state index is 13.6. The van der Waals surface area contributed by atoms with E-state index in [-0.39, 0.29) is 41.9 Å². The number of β-amino-alcohol motifs (C(OH)–C–C–N with tert-alkyl or cyclic N) is 1. The van der Waals surface area contributed by atoms with Crippen molar-refractivity contribution in [3.63, 3.8) is 0 Å². The van der Waals surface area contributed by atoms with Crippen molar-refractivity contribution in [2.24, 2.45) is 4.99 Å². The predicted molar refractivity (Wildman–Crippen MR) is 159 cm³/mol. The van der Waals surface area contributed by atoms with Gasteiger partial charge in [0.25, 0.3) is 5.56 Å². The zero-order chi connectivity index (χ0) is 26.6. The number of benzene rings is 1. The van der Waals surface area contributed by atoms with Crippen LogP contribution in [0.4, 0.5) is 5.69 Å². The molecule has 0 bridgehead atoms. The number of halogens is 2. The molecule has 0 atom stereocenters. The molecule has 1 aromatic carbocycles. The van der Waals surface area contributed by atoms with Crippen LogP contribution in [0.5, 0.6) is 5.75 Å². The van der Waals surface area contributed by atoms with Crippen LogP contribution in [0.25, 0.3) is 0 Å². The Morgan fingerprint density at radius 3 is 2.38 bits per heavy atom. The molecule has 3 heterocycles. The van der Waals surface area contributed by atoms with Gasteiger partial charge in [0.2, 0.25) is 10.0 Å². The van der Waals surface area contributed by atoms with Crippen molar-refractivity contribution in [1.29, 1.82) is 0 Å². The van der Waals surface area contributed by atoms with E-state index in [1.807, 2.05) is 20.0 Å². The average molecular weight is 604 g/mol. The number of piperazine rings is 1. The number of pyridine rings is 1. The fourth-order valence-electron chi connectivity index (χ4n) is 4.98. The molecule has 9 nitrogen and oxygen atoms in total. The minimum absolute atomic E-state index is 0. The molecule has 218 valence electrons. The van der Waals surface area contributed by atoms with Gasteiger partial charge in [-0.1, -0.05) is 20.3 Å². The molecule has 1 aromatic heterocycles. The van der Waals surface area contributed by atoms with Crippen LogP contribution >= 0.6 is 24.8 Å². The summed E-state index contributed by atoms with van der Waals surface area (Å²) in [6, 6.07) is 4.96. The van der Waals surface area contributed by atoms with E-state index >= 15 is 0 Å². The van der Waals surface area contributed by atoms with Gasteiger partial charge < -0.3 is 14.4 Å². The predicted octanol–water partition coefficient (Wildman–Crippen LogP) is 3.43. The summed E-state index contributed by atoms with van der Waals surface area (Å²) < 4.78 is 36.4. The Hall–Kier alpha value is -1.95. The minimum atomic E-state index is -3.72. The second kappa shape index (κ2) is 14.6. The zero-order valence-electron chi connectivity index (χ0n) is 22.9. The number of rotatable bonds is 11. The van der Waals surface area contributed by atoms with E-state index in [2.05, 4.69) is 11.8 Å². The summed E-state index contributed by atoms with van der Waals surface area (Å²) in [5.41, 5.74) is 3.66. The lowest BCUT2D eigenvalue weighted by Crippen LogP contribution is -2.49. The molecule has 0 saturated carbocycles. The molecule has 4 rings (SSSR count). The Bertz CT molecular complexity index is 1320. The summed E-state index contributed by atoms with van der Waals surface area (Å²) in [6.07, 6.45) is 4.81. The largest absolute Gasteiger partial charge is 0.493 e. The Morgan fingerprint density at radius 1 is 1.05 bits per heavy atom. The molecule has 0 radical (unpaired) electrons. The van der Waals surface area contributed by atoms with Crippen molar-refractivity contribution < 1.29 is 18.3 Å². The lowest BCUT2D eigenvalue weighted by molar-refractivity contribution is 0.151. The Morgan fingerprint density at radius 2 is 1.77 bits per heavy atom. The number of hydrogen-bond acceptors (Lipinski definition) is 7. The quantitative estimate of drug-likeness (QED) is 0.422. The number of aliphatic hydroxyl groups is 1. The lowest BCUT2D eigenvalue weighted by atomic mass is 10.0. The molecule has 2 aliphatic rings. The summed E-state index contributed by atoms with van der Waals surface area (Å²) in [4.78, 5) is 20.3. The molecule has 1 saturated heterocycles. The minimum Gasteiger partial charge on any atom is -0.493 e. The molecule has 39 heavy (non-hydrogen) atoms. The SMILES string of the molecule is CCCOc1ccc(S(=O)(=O)N2CCN(CCO)CC2)cc1C1=Nc2c(CCC)cn(CC)c(=O)c2C1.Cl.Cl. The third-order valence-electron chi connectivity index (χ3n) is 6.98. The normalized spacial score (nSPS) is 15.7. The van der Waals surface area contributed by atoms with Crippen LogP contribution in [-0.4, -0.2) is 78.9 Å². The lowest BCUT2D eigenvalue weighted by Gasteiger charge is -2.33. The van der Waals surface area contributed by atoms with Gasteiger partial charge in [0.15, 0.2) is 0 Å². The van der Waals surface area contributed by atoms with Crippen molar-refractivity contribution in [3.05, 3.63) is 51.4 Å². The van der Waals surface area contributed by atoms with Crippen LogP contribution in [-0.2, 0) is 29.4 Å². The van der Waals surface area contributed by atoms with Crippen LogP contribution in [0.3, 0.4) is 0 Å². The molecule has 12 heteroatoms. The van der Waals surface area contributed by atoms with Gasteiger partial charge in [0, 0.05) is 63.0 Å². The van der Waals surface area contributed by atoms with Crippen LogP contribution < -0.4 is 10.3 Å². The van der Waals surface area contributed by atoms with Gasteiger partial charge in [0.05, 0.1) is 29.5 Å².